The third-order valence-electron chi connectivity index (χ3n) is 7.82. The number of carbonyl (C=O) groups excluding carboxylic acids is 1. The maximum absolute atomic E-state index is 12.9. The number of hydrogen-bond donors (Lipinski definition) is 3. The highest BCUT2D eigenvalue weighted by atomic mass is 16.5. The SMILES string of the molecule is COCCN1C[C@H]2C[C@@]2(c2ccc(-c3cnc(N)c(C(=O)NC4CCC(O)CC4)c3)cc2)C1. The van der Waals surface area contributed by atoms with Gasteiger partial charge in [0, 0.05) is 50.0 Å². The van der Waals surface area contributed by atoms with Gasteiger partial charge in [-0.05, 0) is 55.2 Å². The van der Waals surface area contributed by atoms with E-state index < -0.39 is 0 Å². The Balaban J connectivity index is 1.28. The number of nitrogen functional groups attached to an aromatic ring is 1. The molecule has 2 aliphatic carbocycles. The number of nitrogens with one attached hydrogen (secondary N) is 1. The van der Waals surface area contributed by atoms with Crippen LogP contribution in [0.15, 0.2) is 36.5 Å². The zero-order chi connectivity index (χ0) is 23.0. The van der Waals surface area contributed by atoms with Gasteiger partial charge in [-0.15, -0.1) is 0 Å². The Bertz CT molecular complexity index is 1000. The number of aliphatic hydroxyl groups excluding tert-OH is 1. The summed E-state index contributed by atoms with van der Waals surface area (Å²) in [4.78, 5) is 19.7. The molecule has 33 heavy (non-hydrogen) atoms. The molecule has 1 aromatic heterocycles. The van der Waals surface area contributed by atoms with E-state index in [4.69, 9.17) is 10.5 Å². The van der Waals surface area contributed by atoms with E-state index in [0.29, 0.717) is 11.0 Å². The van der Waals surface area contributed by atoms with Gasteiger partial charge in [0.25, 0.3) is 5.91 Å². The van der Waals surface area contributed by atoms with Gasteiger partial charge in [-0.25, -0.2) is 4.98 Å². The van der Waals surface area contributed by atoms with E-state index in [2.05, 4.69) is 39.5 Å². The smallest absolute Gasteiger partial charge is 0.255 e. The Kier molecular flexibility index (Phi) is 6.12. The fourth-order valence-corrected chi connectivity index (χ4v) is 5.72. The summed E-state index contributed by atoms with van der Waals surface area (Å²) >= 11 is 0. The number of amides is 1. The lowest BCUT2D eigenvalue weighted by molar-refractivity contribution is 0.0868. The molecule has 3 aliphatic rings. The van der Waals surface area contributed by atoms with Crippen molar-refractivity contribution in [3.63, 3.8) is 0 Å². The van der Waals surface area contributed by atoms with Crippen molar-refractivity contribution in [3.8, 4) is 11.1 Å². The average molecular weight is 451 g/mol. The van der Waals surface area contributed by atoms with Crippen molar-refractivity contribution in [2.75, 3.05) is 39.1 Å². The summed E-state index contributed by atoms with van der Waals surface area (Å²) in [6.45, 7) is 4.04. The van der Waals surface area contributed by atoms with Gasteiger partial charge in [-0.1, -0.05) is 24.3 Å². The van der Waals surface area contributed by atoms with Crippen LogP contribution in [-0.2, 0) is 10.2 Å². The van der Waals surface area contributed by atoms with E-state index >= 15 is 0 Å². The second-order valence-electron chi connectivity index (χ2n) is 10.00. The first-order valence-corrected chi connectivity index (χ1v) is 12.0. The molecular formula is C26H34N4O3. The molecule has 4 N–H and O–H groups in total. The number of hydrogen-bond acceptors (Lipinski definition) is 6. The normalized spacial score (nSPS) is 29.0. The van der Waals surface area contributed by atoms with Crippen molar-refractivity contribution in [1.82, 2.24) is 15.2 Å². The molecule has 5 rings (SSSR count). The van der Waals surface area contributed by atoms with E-state index in [1.54, 1.807) is 13.3 Å². The molecule has 1 aliphatic heterocycles. The van der Waals surface area contributed by atoms with Gasteiger partial charge in [-0.3, -0.25) is 9.69 Å². The Labute approximate surface area is 195 Å². The zero-order valence-electron chi connectivity index (χ0n) is 19.3. The molecule has 2 saturated carbocycles. The second-order valence-corrected chi connectivity index (χ2v) is 10.00. The first kappa shape index (κ1) is 22.3. The van der Waals surface area contributed by atoms with E-state index in [1.807, 2.05) is 6.07 Å². The van der Waals surface area contributed by atoms with Gasteiger partial charge >= 0.3 is 0 Å². The minimum Gasteiger partial charge on any atom is -0.393 e. The molecule has 7 heteroatoms. The lowest BCUT2D eigenvalue weighted by Gasteiger charge is -2.26. The number of pyridine rings is 1. The maximum Gasteiger partial charge on any atom is 0.255 e. The number of rotatable bonds is 7. The topological polar surface area (TPSA) is 101 Å². The summed E-state index contributed by atoms with van der Waals surface area (Å²) in [5.74, 6) is 0.793. The Morgan fingerprint density at radius 1 is 1.24 bits per heavy atom. The zero-order valence-corrected chi connectivity index (χ0v) is 19.3. The maximum atomic E-state index is 12.9. The van der Waals surface area contributed by atoms with Crippen molar-refractivity contribution < 1.29 is 14.6 Å². The van der Waals surface area contributed by atoms with Crippen LogP contribution in [0.2, 0.25) is 0 Å². The number of nitrogens with zero attached hydrogens (tertiary/aromatic N) is 2. The number of piperidine rings is 1. The summed E-state index contributed by atoms with van der Waals surface area (Å²) in [6.07, 6.45) is 5.76. The predicted molar refractivity (Wildman–Crippen MR) is 128 cm³/mol. The van der Waals surface area contributed by atoms with Crippen LogP contribution >= 0.6 is 0 Å². The summed E-state index contributed by atoms with van der Waals surface area (Å²) in [5.41, 5.74) is 10.1. The number of carbonyl (C=O) groups is 1. The number of anilines is 1. The Morgan fingerprint density at radius 3 is 2.73 bits per heavy atom. The number of likely N-dealkylation sites (tertiary alicyclic amines) is 1. The molecule has 0 spiro atoms. The van der Waals surface area contributed by atoms with Crippen molar-refractivity contribution >= 4 is 11.7 Å². The minimum absolute atomic E-state index is 0.0730. The van der Waals surface area contributed by atoms with Crippen LogP contribution in [0.25, 0.3) is 11.1 Å². The number of aliphatic hydroxyl groups is 1. The molecule has 7 nitrogen and oxygen atoms in total. The highest BCUT2D eigenvalue weighted by Crippen LogP contribution is 2.59. The van der Waals surface area contributed by atoms with Crippen molar-refractivity contribution in [2.45, 2.75) is 49.7 Å². The molecule has 1 saturated heterocycles. The van der Waals surface area contributed by atoms with Gasteiger partial charge in [0.1, 0.15) is 5.82 Å². The van der Waals surface area contributed by atoms with Gasteiger partial charge < -0.3 is 20.9 Å². The molecule has 2 aromatic rings. The molecule has 0 radical (unpaired) electrons. The molecule has 2 heterocycles. The first-order chi connectivity index (χ1) is 16.0. The first-order valence-electron chi connectivity index (χ1n) is 12.0. The number of nitrogens with two attached hydrogens (primary N) is 1. The standard InChI is InChI=1S/C26H34N4O3/c1-33-11-10-30-15-20-13-26(20,16-30)19-4-2-17(3-5-19)18-12-23(24(27)28-14-18)25(32)29-21-6-8-22(31)9-7-21/h2-5,12,14,20-22,31H,6-11,13,15-16H2,1H3,(H2,27,28)(H,29,32)/t20-,21?,22?,26+/m1/s1. The highest BCUT2D eigenvalue weighted by Gasteiger charge is 2.60. The van der Waals surface area contributed by atoms with Gasteiger partial charge in [0.15, 0.2) is 0 Å². The second kappa shape index (κ2) is 9.05. The van der Waals surface area contributed by atoms with Gasteiger partial charge in [-0.2, -0.15) is 0 Å². The van der Waals surface area contributed by atoms with E-state index in [-0.39, 0.29) is 23.9 Å². The minimum atomic E-state index is -0.251. The number of fused-ring (bicyclic) bond motifs is 1. The quantitative estimate of drug-likeness (QED) is 0.600. The molecule has 2 atom stereocenters. The third-order valence-corrected chi connectivity index (χ3v) is 7.82. The Morgan fingerprint density at radius 2 is 2.00 bits per heavy atom. The van der Waals surface area contributed by atoms with Crippen LogP contribution in [0, 0.1) is 5.92 Å². The predicted octanol–water partition coefficient (Wildman–Crippen LogP) is 2.58. The lowest BCUT2D eigenvalue weighted by atomic mass is 9.92. The summed E-state index contributed by atoms with van der Waals surface area (Å²) in [5, 5.41) is 12.8. The molecule has 1 amide bonds. The molecule has 176 valence electrons. The van der Waals surface area contributed by atoms with Crippen molar-refractivity contribution in [3.05, 3.63) is 47.7 Å². The number of aromatic nitrogens is 1. The highest BCUT2D eigenvalue weighted by molar-refractivity contribution is 5.99. The van der Waals surface area contributed by atoms with Crippen LogP contribution in [-0.4, -0.2) is 66.4 Å². The van der Waals surface area contributed by atoms with Crippen molar-refractivity contribution in [1.29, 1.82) is 0 Å². The third kappa shape index (κ3) is 4.50. The van der Waals surface area contributed by atoms with E-state index in [0.717, 1.165) is 69.0 Å². The number of methoxy groups -OCH3 is 1. The summed E-state index contributed by atoms with van der Waals surface area (Å²) < 4.78 is 5.24. The fourth-order valence-electron chi connectivity index (χ4n) is 5.72. The molecular weight excluding hydrogens is 416 g/mol. The monoisotopic (exact) mass is 450 g/mol. The van der Waals surface area contributed by atoms with E-state index in [9.17, 15) is 9.90 Å². The summed E-state index contributed by atoms with van der Waals surface area (Å²) in [6, 6.07) is 10.6. The van der Waals surface area contributed by atoms with E-state index in [1.165, 1.54) is 12.0 Å². The van der Waals surface area contributed by atoms with Crippen LogP contribution in [0.1, 0.15) is 48.0 Å². The van der Waals surface area contributed by atoms with Crippen LogP contribution < -0.4 is 11.1 Å². The van der Waals surface area contributed by atoms with Crippen molar-refractivity contribution in [2.24, 2.45) is 5.92 Å². The number of benzene rings is 1. The fraction of sp³-hybridized carbons (Fsp3) is 0.538. The molecule has 0 unspecified atom stereocenters. The lowest BCUT2D eigenvalue weighted by Crippen LogP contribution is -2.38. The van der Waals surface area contributed by atoms with Crippen LogP contribution in [0.4, 0.5) is 5.82 Å². The van der Waals surface area contributed by atoms with Crippen LogP contribution in [0.5, 0.6) is 0 Å². The van der Waals surface area contributed by atoms with Crippen LogP contribution in [0.3, 0.4) is 0 Å². The average Bonchev–Trinajstić information content (AvgIpc) is 3.40. The largest absolute Gasteiger partial charge is 0.393 e. The molecule has 0 bridgehead atoms. The molecule has 1 aromatic carbocycles. The van der Waals surface area contributed by atoms with Gasteiger partial charge in [0.05, 0.1) is 18.3 Å². The molecule has 3 fully saturated rings. The van der Waals surface area contributed by atoms with Gasteiger partial charge in [0.2, 0.25) is 0 Å². The Hall–Kier alpha value is -2.48. The summed E-state index contributed by atoms with van der Waals surface area (Å²) in [7, 11) is 1.76. The number of ether oxygens (including phenoxy) is 1.